The Kier molecular flexibility index (Phi) is 2.22. The number of fused-ring (bicyclic) bond motifs is 3. The average molecular weight is 224 g/mol. The van der Waals surface area contributed by atoms with Crippen molar-refractivity contribution in [3.8, 4) is 0 Å². The van der Waals surface area contributed by atoms with Crippen LogP contribution in [0.2, 0.25) is 0 Å². The van der Waals surface area contributed by atoms with Crippen molar-refractivity contribution >= 4 is 21.9 Å². The fourth-order valence-corrected chi connectivity index (χ4v) is 2.38. The monoisotopic (exact) mass is 224 g/mol. The molecule has 17 heavy (non-hydrogen) atoms. The van der Waals surface area contributed by atoms with E-state index in [4.69, 9.17) is 4.42 Å². The molecule has 2 aromatic carbocycles. The van der Waals surface area contributed by atoms with Gasteiger partial charge in [-0.3, -0.25) is 0 Å². The molecule has 1 aromatic heterocycles. The van der Waals surface area contributed by atoms with Crippen LogP contribution in [0.5, 0.6) is 0 Å². The molecular formula is C16H16O. The van der Waals surface area contributed by atoms with Crippen molar-refractivity contribution in [1.82, 2.24) is 0 Å². The normalized spacial score (nSPS) is 11.8. The van der Waals surface area contributed by atoms with Crippen LogP contribution in [0, 0.1) is 6.92 Å². The van der Waals surface area contributed by atoms with Crippen LogP contribution in [-0.2, 0) is 0 Å². The third-order valence-corrected chi connectivity index (χ3v) is 3.31. The van der Waals surface area contributed by atoms with Crippen molar-refractivity contribution in [2.45, 2.75) is 26.7 Å². The van der Waals surface area contributed by atoms with Crippen LogP contribution in [0.3, 0.4) is 0 Å². The molecule has 0 radical (unpaired) electrons. The van der Waals surface area contributed by atoms with E-state index < -0.39 is 0 Å². The van der Waals surface area contributed by atoms with Gasteiger partial charge in [0.2, 0.25) is 0 Å². The first-order valence-electron chi connectivity index (χ1n) is 6.08. The summed E-state index contributed by atoms with van der Waals surface area (Å²) in [5, 5.41) is 2.44. The highest BCUT2D eigenvalue weighted by atomic mass is 16.3. The Bertz CT molecular complexity index is 689. The summed E-state index contributed by atoms with van der Waals surface area (Å²) in [4.78, 5) is 0. The predicted octanol–water partition coefficient (Wildman–Crippen LogP) is 5.02. The second-order valence-corrected chi connectivity index (χ2v) is 4.98. The van der Waals surface area contributed by atoms with E-state index in [-0.39, 0.29) is 0 Å². The number of rotatable bonds is 1. The molecule has 0 unspecified atom stereocenters. The second-order valence-electron chi connectivity index (χ2n) is 4.98. The fourth-order valence-electron chi connectivity index (χ4n) is 2.38. The minimum Gasteiger partial charge on any atom is -0.456 e. The molecule has 3 rings (SSSR count). The summed E-state index contributed by atoms with van der Waals surface area (Å²) in [5.74, 6) is 0.486. The summed E-state index contributed by atoms with van der Waals surface area (Å²) >= 11 is 0. The predicted molar refractivity (Wildman–Crippen MR) is 72.5 cm³/mol. The van der Waals surface area contributed by atoms with Crippen molar-refractivity contribution in [1.29, 1.82) is 0 Å². The Morgan fingerprint density at radius 3 is 2.59 bits per heavy atom. The lowest BCUT2D eigenvalue weighted by atomic mass is 10.0. The van der Waals surface area contributed by atoms with E-state index in [1.807, 2.05) is 0 Å². The van der Waals surface area contributed by atoms with Gasteiger partial charge in [-0.1, -0.05) is 44.2 Å². The topological polar surface area (TPSA) is 13.1 Å². The fraction of sp³-hybridized carbons (Fsp3) is 0.250. The van der Waals surface area contributed by atoms with E-state index >= 15 is 0 Å². The molecule has 0 aliphatic carbocycles. The number of benzene rings is 2. The first-order chi connectivity index (χ1) is 8.16. The van der Waals surface area contributed by atoms with E-state index in [1.165, 1.54) is 21.9 Å². The lowest BCUT2D eigenvalue weighted by Crippen LogP contribution is -1.86. The molecule has 0 amide bonds. The molecule has 0 saturated carbocycles. The molecule has 0 aliphatic rings. The Balaban J connectivity index is 2.46. The van der Waals surface area contributed by atoms with Crippen molar-refractivity contribution in [2.75, 3.05) is 0 Å². The van der Waals surface area contributed by atoms with E-state index in [9.17, 15) is 0 Å². The molecule has 86 valence electrons. The largest absolute Gasteiger partial charge is 0.456 e. The minimum atomic E-state index is 0.486. The quantitative estimate of drug-likeness (QED) is 0.565. The molecule has 0 spiro atoms. The first kappa shape index (κ1) is 10.4. The van der Waals surface area contributed by atoms with E-state index in [0.29, 0.717) is 5.92 Å². The number of hydrogen-bond donors (Lipinski definition) is 0. The van der Waals surface area contributed by atoms with Gasteiger partial charge in [0, 0.05) is 10.8 Å². The highest BCUT2D eigenvalue weighted by Crippen LogP contribution is 2.33. The van der Waals surface area contributed by atoms with Gasteiger partial charge in [-0.05, 0) is 30.0 Å². The van der Waals surface area contributed by atoms with Gasteiger partial charge in [0.05, 0.1) is 0 Å². The summed E-state index contributed by atoms with van der Waals surface area (Å²) in [6.45, 7) is 6.50. The first-order valence-corrected chi connectivity index (χ1v) is 6.08. The third kappa shape index (κ3) is 1.54. The number of furan rings is 1. The molecular weight excluding hydrogens is 208 g/mol. The van der Waals surface area contributed by atoms with E-state index in [1.54, 1.807) is 0 Å². The second kappa shape index (κ2) is 3.63. The highest BCUT2D eigenvalue weighted by Gasteiger charge is 2.12. The van der Waals surface area contributed by atoms with Crippen LogP contribution < -0.4 is 0 Å². The molecule has 0 fully saturated rings. The van der Waals surface area contributed by atoms with Crippen LogP contribution in [0.25, 0.3) is 21.9 Å². The number of aryl methyl sites for hydroxylation is 1. The Hall–Kier alpha value is -1.76. The van der Waals surface area contributed by atoms with E-state index in [0.717, 1.165) is 11.2 Å². The minimum absolute atomic E-state index is 0.486. The zero-order valence-corrected chi connectivity index (χ0v) is 10.4. The molecule has 3 aromatic rings. The maximum Gasteiger partial charge on any atom is 0.138 e. The van der Waals surface area contributed by atoms with Crippen LogP contribution in [-0.4, -0.2) is 0 Å². The standard InChI is InChI=1S/C16H16O/c1-10(2)12-5-4-6-14-13-8-7-11(3)9-15(13)17-16(12)14/h4-10H,1-3H3. The van der Waals surface area contributed by atoms with Crippen LogP contribution >= 0.6 is 0 Å². The van der Waals surface area contributed by atoms with Gasteiger partial charge in [0.25, 0.3) is 0 Å². The van der Waals surface area contributed by atoms with Crippen LogP contribution in [0.15, 0.2) is 40.8 Å². The van der Waals surface area contributed by atoms with Gasteiger partial charge in [-0.15, -0.1) is 0 Å². The summed E-state index contributed by atoms with van der Waals surface area (Å²) in [6.07, 6.45) is 0. The lowest BCUT2D eigenvalue weighted by Gasteiger charge is -2.04. The molecule has 0 saturated heterocycles. The van der Waals surface area contributed by atoms with Gasteiger partial charge in [0.15, 0.2) is 0 Å². The smallest absolute Gasteiger partial charge is 0.138 e. The maximum atomic E-state index is 6.03. The molecule has 0 N–H and O–H groups in total. The van der Waals surface area contributed by atoms with Gasteiger partial charge in [0.1, 0.15) is 11.2 Å². The SMILES string of the molecule is Cc1ccc2c(c1)oc1c(C(C)C)cccc12. The molecule has 1 heterocycles. The summed E-state index contributed by atoms with van der Waals surface area (Å²) < 4.78 is 6.03. The Morgan fingerprint density at radius 1 is 1.00 bits per heavy atom. The summed E-state index contributed by atoms with van der Waals surface area (Å²) in [7, 11) is 0. The zero-order valence-electron chi connectivity index (χ0n) is 10.4. The molecule has 0 aliphatic heterocycles. The zero-order chi connectivity index (χ0) is 12.0. The highest BCUT2D eigenvalue weighted by molar-refractivity contribution is 6.06. The van der Waals surface area contributed by atoms with Crippen molar-refractivity contribution in [2.24, 2.45) is 0 Å². The Labute approximate surface area is 101 Å². The number of hydrogen-bond acceptors (Lipinski definition) is 1. The molecule has 1 heteroatoms. The Morgan fingerprint density at radius 2 is 1.82 bits per heavy atom. The van der Waals surface area contributed by atoms with Gasteiger partial charge in [-0.25, -0.2) is 0 Å². The lowest BCUT2D eigenvalue weighted by molar-refractivity contribution is 0.656. The maximum absolute atomic E-state index is 6.03. The van der Waals surface area contributed by atoms with Crippen LogP contribution in [0.1, 0.15) is 30.9 Å². The van der Waals surface area contributed by atoms with Gasteiger partial charge in [-0.2, -0.15) is 0 Å². The van der Waals surface area contributed by atoms with E-state index in [2.05, 4.69) is 57.2 Å². The summed E-state index contributed by atoms with van der Waals surface area (Å²) in [6, 6.07) is 12.8. The average Bonchev–Trinajstić information content (AvgIpc) is 2.65. The third-order valence-electron chi connectivity index (χ3n) is 3.31. The number of para-hydroxylation sites is 1. The van der Waals surface area contributed by atoms with Crippen molar-refractivity contribution < 1.29 is 4.42 Å². The van der Waals surface area contributed by atoms with Gasteiger partial charge >= 0.3 is 0 Å². The van der Waals surface area contributed by atoms with Crippen molar-refractivity contribution in [3.05, 3.63) is 47.5 Å². The molecule has 0 bridgehead atoms. The molecule has 0 atom stereocenters. The van der Waals surface area contributed by atoms with Crippen LogP contribution in [0.4, 0.5) is 0 Å². The van der Waals surface area contributed by atoms with Crippen molar-refractivity contribution in [3.63, 3.8) is 0 Å². The molecule has 1 nitrogen and oxygen atoms in total. The summed E-state index contributed by atoms with van der Waals surface area (Å²) in [5.41, 5.74) is 4.57. The van der Waals surface area contributed by atoms with Gasteiger partial charge < -0.3 is 4.42 Å².